The molecule has 0 radical (unpaired) electrons. The second kappa shape index (κ2) is 6.09. The number of amides is 2. The molecule has 0 unspecified atom stereocenters. The van der Waals surface area contributed by atoms with Gasteiger partial charge in [-0.25, -0.2) is 4.79 Å². The van der Waals surface area contributed by atoms with Gasteiger partial charge in [0.25, 0.3) is 0 Å². The number of imide groups is 1. The Bertz CT molecular complexity index is 499. The molecule has 0 aromatic carbocycles. The predicted octanol–water partition coefficient (Wildman–Crippen LogP) is 1.97. The van der Waals surface area contributed by atoms with Gasteiger partial charge >= 0.3 is 5.97 Å². The van der Waals surface area contributed by atoms with E-state index in [0.29, 0.717) is 12.2 Å². The minimum atomic E-state index is -1.09. The Hall–Kier alpha value is -0.0800. The number of likely N-dealkylation sites (tertiary alicyclic amines) is 1. The maximum Gasteiger partial charge on any atom is 0.326 e. The zero-order valence-electron chi connectivity index (χ0n) is 11.9. The molecule has 2 aliphatic carbocycles. The summed E-state index contributed by atoms with van der Waals surface area (Å²) in [5.74, 6) is -1.47. The molecule has 0 spiro atoms. The highest BCUT2D eigenvalue weighted by Gasteiger charge is 2.67. The van der Waals surface area contributed by atoms with E-state index in [2.05, 4.69) is 31.9 Å². The first-order valence-corrected chi connectivity index (χ1v) is 10.5. The zero-order chi connectivity index (χ0) is 16.2. The number of alkyl halides is 2. The van der Waals surface area contributed by atoms with Gasteiger partial charge < -0.3 is 5.11 Å². The van der Waals surface area contributed by atoms with Gasteiger partial charge in [0.2, 0.25) is 11.8 Å². The molecule has 3 rings (SSSR count). The van der Waals surface area contributed by atoms with Crippen molar-refractivity contribution in [3.05, 3.63) is 0 Å². The smallest absolute Gasteiger partial charge is 0.326 e. The second-order valence-corrected chi connectivity index (χ2v) is 9.29. The van der Waals surface area contributed by atoms with Gasteiger partial charge in [-0.05, 0) is 36.7 Å². The van der Waals surface area contributed by atoms with E-state index in [1.165, 1.54) is 11.8 Å². The lowest BCUT2D eigenvalue weighted by molar-refractivity contribution is -0.155. The van der Waals surface area contributed by atoms with Crippen LogP contribution in [0.25, 0.3) is 0 Å². The van der Waals surface area contributed by atoms with E-state index in [1.807, 2.05) is 6.26 Å². The fourth-order valence-corrected chi connectivity index (χ4v) is 6.60. The number of fused-ring (bicyclic) bond motifs is 5. The van der Waals surface area contributed by atoms with Crippen LogP contribution in [0.2, 0.25) is 0 Å². The third-order valence-corrected chi connectivity index (χ3v) is 9.06. The monoisotopic (exact) mass is 453 g/mol. The molecule has 1 heterocycles. The lowest BCUT2D eigenvalue weighted by atomic mass is 9.81. The molecule has 0 aromatic rings. The summed E-state index contributed by atoms with van der Waals surface area (Å²) < 4.78 is 0. The number of hydrogen-bond donors (Lipinski definition) is 1. The summed E-state index contributed by atoms with van der Waals surface area (Å²) in [6.07, 6.45) is 3.04. The van der Waals surface area contributed by atoms with Crippen LogP contribution in [0, 0.1) is 23.7 Å². The number of rotatable bonds is 5. The highest BCUT2D eigenvalue weighted by molar-refractivity contribution is 9.12. The van der Waals surface area contributed by atoms with Crippen molar-refractivity contribution >= 4 is 61.4 Å². The summed E-state index contributed by atoms with van der Waals surface area (Å²) in [5.41, 5.74) is 0. The van der Waals surface area contributed by atoms with Gasteiger partial charge in [0.15, 0.2) is 0 Å². The number of aliphatic carboxylic acids is 1. The number of carboxylic acid groups (broad SMARTS) is 1. The quantitative estimate of drug-likeness (QED) is 0.507. The van der Waals surface area contributed by atoms with Crippen LogP contribution in [-0.4, -0.2) is 55.5 Å². The number of hydrogen-bond acceptors (Lipinski definition) is 4. The maximum atomic E-state index is 12.7. The van der Waals surface area contributed by atoms with Gasteiger partial charge in [-0.3, -0.25) is 14.5 Å². The molecular weight excluding hydrogens is 438 g/mol. The van der Waals surface area contributed by atoms with Crippen LogP contribution in [0.1, 0.15) is 12.8 Å². The summed E-state index contributed by atoms with van der Waals surface area (Å²) in [5, 5.41) is 9.44. The number of carboxylic acids is 1. The molecule has 3 fully saturated rings. The number of nitrogens with zero attached hydrogens (tertiary/aromatic N) is 1. The molecule has 7 atom stereocenters. The standard InChI is InChI=1S/C14H17Br2NO4S/c1-22-3-2-7(14(20)21)17-12(18)8-5-4-6(9(8)13(17)19)11(16)10(5)15/h5-11H,2-4H2,1H3,(H,20,21)/t5-,6-,7+,8-,9-,10-,11+/m0/s1. The van der Waals surface area contributed by atoms with Gasteiger partial charge in [-0.2, -0.15) is 11.8 Å². The summed E-state index contributed by atoms with van der Waals surface area (Å²) in [7, 11) is 0. The van der Waals surface area contributed by atoms with Crippen molar-refractivity contribution in [1.82, 2.24) is 4.90 Å². The van der Waals surface area contributed by atoms with Gasteiger partial charge in [0, 0.05) is 9.65 Å². The minimum absolute atomic E-state index is 0.121. The molecule has 2 saturated carbocycles. The fraction of sp³-hybridized carbons (Fsp3) is 0.786. The Morgan fingerprint density at radius 3 is 2.18 bits per heavy atom. The molecule has 1 saturated heterocycles. The van der Waals surface area contributed by atoms with E-state index in [1.54, 1.807) is 0 Å². The molecule has 5 nitrogen and oxygen atoms in total. The first-order valence-electron chi connectivity index (χ1n) is 7.27. The van der Waals surface area contributed by atoms with E-state index in [9.17, 15) is 19.5 Å². The van der Waals surface area contributed by atoms with Crippen LogP contribution in [-0.2, 0) is 14.4 Å². The Morgan fingerprint density at radius 1 is 1.27 bits per heavy atom. The van der Waals surface area contributed by atoms with Crippen molar-refractivity contribution in [1.29, 1.82) is 0 Å². The maximum absolute atomic E-state index is 12.7. The Kier molecular flexibility index (Phi) is 4.64. The third-order valence-electron chi connectivity index (χ3n) is 5.21. The van der Waals surface area contributed by atoms with Crippen molar-refractivity contribution < 1.29 is 19.5 Å². The fourth-order valence-electron chi connectivity index (χ4n) is 4.27. The summed E-state index contributed by atoms with van der Waals surface area (Å²) in [4.78, 5) is 38.4. The van der Waals surface area contributed by atoms with Crippen LogP contribution in [0.15, 0.2) is 0 Å². The number of carbonyl (C=O) groups is 3. The van der Waals surface area contributed by atoms with Crippen LogP contribution < -0.4 is 0 Å². The number of halogens is 2. The lowest BCUT2D eigenvalue weighted by Gasteiger charge is -2.28. The second-order valence-electron chi connectivity index (χ2n) is 6.19. The Morgan fingerprint density at radius 2 is 1.77 bits per heavy atom. The van der Waals surface area contributed by atoms with Crippen molar-refractivity contribution in [2.24, 2.45) is 23.7 Å². The SMILES string of the molecule is CSCC[C@H](C(=O)O)N1C(=O)[C@H]2[C@@H]3C[C@H]([C@@H](Br)[C@H]3Br)[C@@H]2C1=O. The Labute approximate surface area is 149 Å². The molecule has 1 N–H and O–H groups in total. The highest BCUT2D eigenvalue weighted by Crippen LogP contribution is 2.60. The topological polar surface area (TPSA) is 74.7 Å². The van der Waals surface area contributed by atoms with Crippen molar-refractivity contribution in [3.8, 4) is 0 Å². The highest BCUT2D eigenvalue weighted by atomic mass is 79.9. The molecule has 122 valence electrons. The molecule has 2 amide bonds. The predicted molar refractivity (Wildman–Crippen MR) is 90.3 cm³/mol. The first-order chi connectivity index (χ1) is 10.4. The van der Waals surface area contributed by atoms with Gasteiger partial charge in [0.1, 0.15) is 6.04 Å². The third kappa shape index (κ3) is 2.28. The summed E-state index contributed by atoms with van der Waals surface area (Å²) in [6, 6.07) is -1.03. The first kappa shape index (κ1) is 16.8. The molecular formula is C14H17Br2NO4S. The molecule has 2 bridgehead atoms. The zero-order valence-corrected chi connectivity index (χ0v) is 15.9. The Balaban J connectivity index is 1.88. The molecule has 22 heavy (non-hydrogen) atoms. The molecule has 0 aromatic heterocycles. The van der Waals surface area contributed by atoms with Crippen LogP contribution >= 0.6 is 43.6 Å². The van der Waals surface area contributed by atoms with Gasteiger partial charge in [-0.1, -0.05) is 31.9 Å². The molecule has 3 aliphatic rings. The van der Waals surface area contributed by atoms with Crippen molar-refractivity contribution in [2.75, 3.05) is 12.0 Å². The van der Waals surface area contributed by atoms with E-state index >= 15 is 0 Å². The van der Waals surface area contributed by atoms with E-state index in [-0.39, 0.29) is 45.1 Å². The average Bonchev–Trinajstić information content (AvgIpc) is 3.06. The van der Waals surface area contributed by atoms with E-state index < -0.39 is 12.0 Å². The van der Waals surface area contributed by atoms with Crippen LogP contribution in [0.3, 0.4) is 0 Å². The molecule has 8 heteroatoms. The van der Waals surface area contributed by atoms with Gasteiger partial charge in [-0.15, -0.1) is 0 Å². The lowest BCUT2D eigenvalue weighted by Crippen LogP contribution is -2.46. The average molecular weight is 455 g/mol. The van der Waals surface area contributed by atoms with Crippen LogP contribution in [0.4, 0.5) is 0 Å². The largest absolute Gasteiger partial charge is 0.480 e. The van der Waals surface area contributed by atoms with Crippen molar-refractivity contribution in [3.63, 3.8) is 0 Å². The summed E-state index contributed by atoms with van der Waals surface area (Å²) in [6.45, 7) is 0. The number of thioether (sulfide) groups is 1. The minimum Gasteiger partial charge on any atom is -0.480 e. The number of carbonyl (C=O) groups excluding carboxylic acids is 2. The van der Waals surface area contributed by atoms with E-state index in [0.717, 1.165) is 11.3 Å². The van der Waals surface area contributed by atoms with Crippen molar-refractivity contribution in [2.45, 2.75) is 28.5 Å². The molecule has 1 aliphatic heterocycles. The van der Waals surface area contributed by atoms with Crippen LogP contribution in [0.5, 0.6) is 0 Å². The summed E-state index contributed by atoms with van der Waals surface area (Å²) >= 11 is 8.76. The van der Waals surface area contributed by atoms with Gasteiger partial charge in [0.05, 0.1) is 11.8 Å². The normalized spacial score (nSPS) is 41.1. The van der Waals surface area contributed by atoms with E-state index in [4.69, 9.17) is 0 Å².